The van der Waals surface area contributed by atoms with Crippen molar-refractivity contribution < 1.29 is 13.2 Å². The van der Waals surface area contributed by atoms with Gasteiger partial charge in [-0.3, -0.25) is 9.89 Å². The van der Waals surface area contributed by atoms with Gasteiger partial charge in [-0.2, -0.15) is 13.2 Å². The van der Waals surface area contributed by atoms with Crippen LogP contribution in [0.3, 0.4) is 0 Å². The van der Waals surface area contributed by atoms with E-state index in [4.69, 9.17) is 0 Å². The number of alkyl halides is 3. The second-order valence-electron chi connectivity index (χ2n) is 6.81. The molecule has 0 saturated carbocycles. The smallest absolute Gasteiger partial charge is 0.354 e. The summed E-state index contributed by atoms with van der Waals surface area (Å²) in [6.45, 7) is 5.58. The van der Waals surface area contributed by atoms with Gasteiger partial charge in [-0.25, -0.2) is 0 Å². The minimum Gasteiger partial charge on any atom is -0.354 e. The van der Waals surface area contributed by atoms with Crippen molar-refractivity contribution in [1.82, 2.24) is 20.4 Å². The van der Waals surface area contributed by atoms with Gasteiger partial charge < -0.3 is 15.5 Å². The Hall–Kier alpha value is -1.02. The highest BCUT2D eigenvalue weighted by Gasteiger charge is 2.34. The molecule has 2 aliphatic rings. The Morgan fingerprint density at radius 2 is 1.62 bits per heavy atom. The fourth-order valence-electron chi connectivity index (χ4n) is 3.52. The van der Waals surface area contributed by atoms with Crippen LogP contribution in [-0.4, -0.2) is 80.3 Å². The maximum Gasteiger partial charge on any atom is 0.401 e. The zero-order valence-electron chi connectivity index (χ0n) is 14.7. The summed E-state index contributed by atoms with van der Waals surface area (Å²) in [5.41, 5.74) is 0. The standard InChI is InChI=1S/C16H30F3N5/c1-3-7-23-8-4-13(5-9-23)21-15(20-2)22-14-6-10-24(11-14)12-16(17,18)19/h13-14H,3-12H2,1-2H3,(H2,20,21,22). The molecule has 1 unspecified atom stereocenters. The lowest BCUT2D eigenvalue weighted by molar-refractivity contribution is -0.143. The van der Waals surface area contributed by atoms with Crippen LogP contribution < -0.4 is 10.6 Å². The quantitative estimate of drug-likeness (QED) is 0.585. The molecule has 24 heavy (non-hydrogen) atoms. The van der Waals surface area contributed by atoms with Gasteiger partial charge in [0.05, 0.1) is 6.54 Å². The molecule has 0 radical (unpaired) electrons. The molecule has 0 aromatic rings. The Bertz CT molecular complexity index is 405. The highest BCUT2D eigenvalue weighted by atomic mass is 19.4. The summed E-state index contributed by atoms with van der Waals surface area (Å²) in [4.78, 5) is 8.17. The van der Waals surface area contributed by atoms with Crippen molar-refractivity contribution in [2.45, 2.75) is 50.9 Å². The molecular weight excluding hydrogens is 319 g/mol. The summed E-state index contributed by atoms with van der Waals surface area (Å²) in [6.07, 6.45) is -0.0818. The first-order valence-corrected chi connectivity index (χ1v) is 8.91. The Labute approximate surface area is 142 Å². The van der Waals surface area contributed by atoms with Crippen molar-refractivity contribution in [1.29, 1.82) is 0 Å². The molecule has 0 amide bonds. The van der Waals surface area contributed by atoms with Gasteiger partial charge in [-0.1, -0.05) is 6.92 Å². The minimum absolute atomic E-state index is 0.0266. The SMILES string of the molecule is CCCN1CCC(NC(=NC)NC2CCN(CC(F)(F)F)C2)CC1. The molecule has 2 heterocycles. The molecule has 0 aliphatic carbocycles. The Kier molecular flexibility index (Phi) is 7.16. The summed E-state index contributed by atoms with van der Waals surface area (Å²) in [5, 5.41) is 6.71. The van der Waals surface area contributed by atoms with Crippen molar-refractivity contribution in [3.05, 3.63) is 0 Å². The van der Waals surface area contributed by atoms with Crippen molar-refractivity contribution in [2.75, 3.05) is 46.3 Å². The van der Waals surface area contributed by atoms with E-state index in [1.165, 1.54) is 11.3 Å². The van der Waals surface area contributed by atoms with Gasteiger partial charge in [0.1, 0.15) is 0 Å². The van der Waals surface area contributed by atoms with Gasteiger partial charge >= 0.3 is 6.18 Å². The molecule has 140 valence electrons. The first-order chi connectivity index (χ1) is 11.4. The number of halogens is 3. The van der Waals surface area contributed by atoms with Crippen molar-refractivity contribution >= 4 is 5.96 Å². The van der Waals surface area contributed by atoms with Gasteiger partial charge in [0.15, 0.2) is 5.96 Å². The zero-order chi connectivity index (χ0) is 17.6. The fourth-order valence-corrected chi connectivity index (χ4v) is 3.52. The van der Waals surface area contributed by atoms with E-state index in [-0.39, 0.29) is 6.04 Å². The van der Waals surface area contributed by atoms with Gasteiger partial charge in [-0.15, -0.1) is 0 Å². The van der Waals surface area contributed by atoms with Crippen molar-refractivity contribution in [3.8, 4) is 0 Å². The number of guanidine groups is 1. The van der Waals surface area contributed by atoms with E-state index in [2.05, 4.69) is 27.4 Å². The number of rotatable bonds is 5. The molecule has 0 aromatic carbocycles. The molecule has 0 spiro atoms. The second-order valence-corrected chi connectivity index (χ2v) is 6.81. The lowest BCUT2D eigenvalue weighted by Gasteiger charge is -2.33. The number of piperidine rings is 1. The van der Waals surface area contributed by atoms with E-state index in [0.29, 0.717) is 31.5 Å². The predicted molar refractivity (Wildman–Crippen MR) is 90.3 cm³/mol. The third kappa shape index (κ3) is 6.47. The van der Waals surface area contributed by atoms with Crippen LogP contribution in [0.1, 0.15) is 32.6 Å². The van der Waals surface area contributed by atoms with E-state index >= 15 is 0 Å². The zero-order valence-corrected chi connectivity index (χ0v) is 14.7. The van der Waals surface area contributed by atoms with Crippen molar-refractivity contribution in [2.24, 2.45) is 4.99 Å². The van der Waals surface area contributed by atoms with Gasteiger partial charge in [0.25, 0.3) is 0 Å². The largest absolute Gasteiger partial charge is 0.401 e. The molecule has 0 aromatic heterocycles. The van der Waals surface area contributed by atoms with Crippen LogP contribution in [0.4, 0.5) is 13.2 Å². The monoisotopic (exact) mass is 349 g/mol. The van der Waals surface area contributed by atoms with E-state index in [1.807, 2.05) is 0 Å². The van der Waals surface area contributed by atoms with Crippen LogP contribution in [0.2, 0.25) is 0 Å². The summed E-state index contributed by atoms with van der Waals surface area (Å²) < 4.78 is 37.4. The number of hydrogen-bond donors (Lipinski definition) is 2. The van der Waals surface area contributed by atoms with E-state index in [0.717, 1.165) is 32.5 Å². The molecule has 0 bridgehead atoms. The first-order valence-electron chi connectivity index (χ1n) is 8.91. The molecule has 2 aliphatic heterocycles. The fraction of sp³-hybridized carbons (Fsp3) is 0.938. The number of hydrogen-bond acceptors (Lipinski definition) is 3. The van der Waals surface area contributed by atoms with Gasteiger partial charge in [0.2, 0.25) is 0 Å². The van der Waals surface area contributed by atoms with E-state index < -0.39 is 12.7 Å². The van der Waals surface area contributed by atoms with Crippen LogP contribution in [-0.2, 0) is 0 Å². The van der Waals surface area contributed by atoms with Crippen molar-refractivity contribution in [3.63, 3.8) is 0 Å². The summed E-state index contributed by atoms with van der Waals surface area (Å²) in [7, 11) is 1.71. The molecule has 1 atom stereocenters. The normalized spacial score (nSPS) is 25.2. The maximum atomic E-state index is 12.5. The molecular formula is C16H30F3N5. The van der Waals surface area contributed by atoms with Crippen LogP contribution in [0.15, 0.2) is 4.99 Å². The van der Waals surface area contributed by atoms with Crippen LogP contribution >= 0.6 is 0 Å². The average Bonchev–Trinajstić information content (AvgIpc) is 2.93. The Balaban J connectivity index is 1.72. The summed E-state index contributed by atoms with van der Waals surface area (Å²) >= 11 is 0. The average molecular weight is 349 g/mol. The van der Waals surface area contributed by atoms with Gasteiger partial charge in [-0.05, 0) is 32.2 Å². The maximum absolute atomic E-state index is 12.5. The first kappa shape index (κ1) is 19.3. The number of nitrogens with one attached hydrogen (secondary N) is 2. The van der Waals surface area contributed by atoms with Crippen LogP contribution in [0.25, 0.3) is 0 Å². The number of likely N-dealkylation sites (tertiary alicyclic amines) is 2. The Morgan fingerprint density at radius 3 is 2.21 bits per heavy atom. The lowest BCUT2D eigenvalue weighted by Crippen LogP contribution is -2.51. The van der Waals surface area contributed by atoms with Crippen LogP contribution in [0, 0.1) is 0 Å². The molecule has 2 rings (SSSR count). The highest BCUT2D eigenvalue weighted by molar-refractivity contribution is 5.80. The number of nitrogens with zero attached hydrogens (tertiary/aromatic N) is 3. The minimum atomic E-state index is -4.12. The van der Waals surface area contributed by atoms with Crippen LogP contribution in [0.5, 0.6) is 0 Å². The lowest BCUT2D eigenvalue weighted by atomic mass is 10.1. The third-order valence-corrected chi connectivity index (χ3v) is 4.71. The predicted octanol–water partition coefficient (Wildman–Crippen LogP) is 1.66. The molecule has 2 fully saturated rings. The molecule has 5 nitrogen and oxygen atoms in total. The second kappa shape index (κ2) is 8.89. The molecule has 8 heteroatoms. The Morgan fingerprint density at radius 1 is 1.04 bits per heavy atom. The number of aliphatic imine (C=N–C) groups is 1. The highest BCUT2D eigenvalue weighted by Crippen LogP contribution is 2.20. The molecule has 2 N–H and O–H groups in total. The molecule has 2 saturated heterocycles. The summed E-state index contributed by atoms with van der Waals surface area (Å²) in [5.74, 6) is 0.711. The topological polar surface area (TPSA) is 42.9 Å². The third-order valence-electron chi connectivity index (χ3n) is 4.71. The van der Waals surface area contributed by atoms with E-state index in [9.17, 15) is 13.2 Å². The summed E-state index contributed by atoms with van der Waals surface area (Å²) in [6, 6.07) is 0.413. The van der Waals surface area contributed by atoms with E-state index in [1.54, 1.807) is 7.05 Å². The van der Waals surface area contributed by atoms with Gasteiger partial charge in [0, 0.05) is 45.3 Å².